The minimum Gasteiger partial charge on any atom is -0.392 e. The van der Waals surface area contributed by atoms with E-state index in [0.717, 1.165) is 0 Å². The molecule has 2 aromatic rings. The van der Waals surface area contributed by atoms with Crippen LogP contribution in [0.3, 0.4) is 0 Å². The van der Waals surface area contributed by atoms with E-state index in [4.69, 9.17) is 5.11 Å². The lowest BCUT2D eigenvalue weighted by Crippen LogP contribution is -2.16. The molecular formula is C14H12F3NO3S. The predicted molar refractivity (Wildman–Crippen MR) is 74.2 cm³/mol. The fourth-order valence-corrected chi connectivity index (χ4v) is 2.99. The standard InChI is InChI=1S/C14H12F3NO3S/c1-8-2-3-9(7-19)6-11(8)18-22(20,21)12-5-4-10(15)13(16)14(12)17/h2-6,18-19H,7H2,1H3. The third-order valence-electron chi connectivity index (χ3n) is 3.02. The smallest absolute Gasteiger partial charge is 0.264 e. The number of anilines is 1. The van der Waals surface area contributed by atoms with Gasteiger partial charge >= 0.3 is 0 Å². The number of nitrogens with one attached hydrogen (secondary N) is 1. The zero-order valence-corrected chi connectivity index (χ0v) is 12.2. The Hall–Kier alpha value is -2.06. The number of halogens is 3. The fourth-order valence-electron chi connectivity index (χ4n) is 1.79. The Morgan fingerprint density at radius 3 is 2.41 bits per heavy atom. The van der Waals surface area contributed by atoms with Crippen molar-refractivity contribution in [2.24, 2.45) is 0 Å². The van der Waals surface area contributed by atoms with Crippen LogP contribution in [-0.2, 0) is 16.6 Å². The Labute approximate surface area is 125 Å². The maximum atomic E-state index is 13.6. The van der Waals surface area contributed by atoms with Crippen molar-refractivity contribution in [3.63, 3.8) is 0 Å². The van der Waals surface area contributed by atoms with Crippen molar-refractivity contribution in [3.8, 4) is 0 Å². The molecule has 0 aliphatic carbocycles. The molecule has 0 aromatic heterocycles. The van der Waals surface area contributed by atoms with Crippen molar-refractivity contribution in [1.29, 1.82) is 0 Å². The van der Waals surface area contributed by atoms with Crippen LogP contribution in [-0.4, -0.2) is 13.5 Å². The lowest BCUT2D eigenvalue weighted by atomic mass is 10.1. The van der Waals surface area contributed by atoms with Crippen molar-refractivity contribution < 1.29 is 26.7 Å². The van der Waals surface area contributed by atoms with Gasteiger partial charge in [-0.2, -0.15) is 0 Å². The van der Waals surface area contributed by atoms with Crippen LogP contribution < -0.4 is 4.72 Å². The maximum Gasteiger partial charge on any atom is 0.264 e. The summed E-state index contributed by atoms with van der Waals surface area (Å²) >= 11 is 0. The van der Waals surface area contributed by atoms with Crippen LogP contribution in [0.1, 0.15) is 11.1 Å². The van der Waals surface area contributed by atoms with E-state index in [-0.39, 0.29) is 12.3 Å². The van der Waals surface area contributed by atoms with Crippen LogP contribution in [0, 0.1) is 24.4 Å². The van der Waals surface area contributed by atoms with Crippen molar-refractivity contribution in [3.05, 3.63) is 58.9 Å². The summed E-state index contributed by atoms with van der Waals surface area (Å²) in [5.74, 6) is -5.12. The molecule has 0 heterocycles. The molecule has 0 saturated carbocycles. The number of hydrogen-bond donors (Lipinski definition) is 2. The summed E-state index contributed by atoms with van der Waals surface area (Å²) in [6.45, 7) is 1.29. The summed E-state index contributed by atoms with van der Waals surface area (Å²) in [6, 6.07) is 5.69. The lowest BCUT2D eigenvalue weighted by molar-refractivity contribution is 0.282. The Balaban J connectivity index is 2.47. The van der Waals surface area contributed by atoms with Gasteiger partial charge in [0.2, 0.25) is 0 Å². The van der Waals surface area contributed by atoms with Crippen LogP contribution in [0.25, 0.3) is 0 Å². The van der Waals surface area contributed by atoms with Gasteiger partial charge in [0.25, 0.3) is 10.0 Å². The summed E-state index contributed by atoms with van der Waals surface area (Å²) in [5.41, 5.74) is 1.06. The van der Waals surface area contributed by atoms with Crippen LogP contribution in [0.2, 0.25) is 0 Å². The van der Waals surface area contributed by atoms with Crippen molar-refractivity contribution in [1.82, 2.24) is 0 Å². The zero-order valence-electron chi connectivity index (χ0n) is 11.4. The SMILES string of the molecule is Cc1ccc(CO)cc1NS(=O)(=O)c1ccc(F)c(F)c1F. The normalized spacial score (nSPS) is 11.5. The van der Waals surface area contributed by atoms with Crippen molar-refractivity contribution in [2.45, 2.75) is 18.4 Å². The molecule has 22 heavy (non-hydrogen) atoms. The van der Waals surface area contributed by atoms with E-state index in [2.05, 4.69) is 4.72 Å². The molecule has 2 aromatic carbocycles. The van der Waals surface area contributed by atoms with Gasteiger partial charge in [0.1, 0.15) is 4.90 Å². The number of benzene rings is 2. The van der Waals surface area contributed by atoms with Gasteiger partial charge in [-0.25, -0.2) is 21.6 Å². The third kappa shape index (κ3) is 3.07. The molecule has 0 aliphatic rings. The van der Waals surface area contributed by atoms with Crippen LogP contribution >= 0.6 is 0 Å². The number of aryl methyl sites for hydroxylation is 1. The first-order chi connectivity index (χ1) is 10.3. The average molecular weight is 331 g/mol. The second-order valence-electron chi connectivity index (χ2n) is 4.59. The molecule has 0 saturated heterocycles. The summed E-state index contributed by atoms with van der Waals surface area (Å²) < 4.78 is 66.1. The van der Waals surface area contributed by atoms with Gasteiger partial charge in [-0.1, -0.05) is 12.1 Å². The highest BCUT2D eigenvalue weighted by atomic mass is 32.2. The highest BCUT2D eigenvalue weighted by Crippen LogP contribution is 2.24. The zero-order chi connectivity index (χ0) is 16.5. The van der Waals surface area contributed by atoms with Gasteiger partial charge in [0.05, 0.1) is 12.3 Å². The molecule has 4 nitrogen and oxygen atoms in total. The Bertz CT molecular complexity index is 822. The molecule has 0 bridgehead atoms. The second kappa shape index (κ2) is 5.98. The highest BCUT2D eigenvalue weighted by molar-refractivity contribution is 7.92. The van der Waals surface area contributed by atoms with Gasteiger partial charge in [-0.3, -0.25) is 4.72 Å². The maximum absolute atomic E-state index is 13.6. The molecule has 2 N–H and O–H groups in total. The molecular weight excluding hydrogens is 319 g/mol. The first-order valence-corrected chi connectivity index (χ1v) is 7.61. The van der Waals surface area contributed by atoms with Crippen LogP contribution in [0.5, 0.6) is 0 Å². The monoisotopic (exact) mass is 331 g/mol. The summed E-state index contributed by atoms with van der Waals surface area (Å²) in [4.78, 5) is -1.000. The van der Waals surface area contributed by atoms with Gasteiger partial charge in [0, 0.05) is 0 Å². The average Bonchev–Trinajstić information content (AvgIpc) is 2.46. The first kappa shape index (κ1) is 16.3. The van der Waals surface area contributed by atoms with E-state index < -0.39 is 32.4 Å². The number of sulfonamides is 1. The van der Waals surface area contributed by atoms with E-state index in [9.17, 15) is 21.6 Å². The molecule has 2 rings (SSSR count). The molecule has 0 spiro atoms. The third-order valence-corrected chi connectivity index (χ3v) is 4.40. The molecule has 0 amide bonds. The molecule has 0 atom stereocenters. The largest absolute Gasteiger partial charge is 0.392 e. The topological polar surface area (TPSA) is 66.4 Å². The molecule has 0 fully saturated rings. The second-order valence-corrected chi connectivity index (χ2v) is 6.24. The lowest BCUT2D eigenvalue weighted by Gasteiger charge is -2.12. The molecule has 8 heteroatoms. The summed E-state index contributed by atoms with van der Waals surface area (Å²) in [7, 11) is -4.44. The van der Waals surface area contributed by atoms with Crippen LogP contribution in [0.4, 0.5) is 18.9 Å². The number of hydrogen-bond acceptors (Lipinski definition) is 3. The van der Waals surface area contributed by atoms with Crippen molar-refractivity contribution in [2.75, 3.05) is 4.72 Å². The minimum absolute atomic E-state index is 0.107. The summed E-state index contributed by atoms with van der Waals surface area (Å²) in [6.07, 6.45) is 0. The Morgan fingerprint density at radius 1 is 1.09 bits per heavy atom. The molecule has 118 valence electrons. The molecule has 0 aliphatic heterocycles. The van der Waals surface area contributed by atoms with E-state index in [1.54, 1.807) is 19.1 Å². The minimum atomic E-state index is -4.44. The summed E-state index contributed by atoms with van der Waals surface area (Å²) in [5, 5.41) is 9.05. The Kier molecular flexibility index (Phi) is 4.43. The van der Waals surface area contributed by atoms with E-state index >= 15 is 0 Å². The predicted octanol–water partition coefficient (Wildman–Crippen LogP) is 2.71. The van der Waals surface area contributed by atoms with E-state index in [1.807, 2.05) is 0 Å². The number of aliphatic hydroxyl groups is 1. The Morgan fingerprint density at radius 2 is 1.77 bits per heavy atom. The van der Waals surface area contributed by atoms with Gasteiger partial charge in [-0.05, 0) is 36.2 Å². The first-order valence-electron chi connectivity index (χ1n) is 6.13. The van der Waals surface area contributed by atoms with E-state index in [1.165, 1.54) is 6.07 Å². The van der Waals surface area contributed by atoms with Crippen molar-refractivity contribution >= 4 is 15.7 Å². The number of aliphatic hydroxyl groups excluding tert-OH is 1. The molecule has 0 radical (unpaired) electrons. The molecule has 0 unspecified atom stereocenters. The highest BCUT2D eigenvalue weighted by Gasteiger charge is 2.24. The fraction of sp³-hybridized carbons (Fsp3) is 0.143. The van der Waals surface area contributed by atoms with Gasteiger partial charge < -0.3 is 5.11 Å². The number of rotatable bonds is 4. The van der Waals surface area contributed by atoms with Crippen LogP contribution in [0.15, 0.2) is 35.2 Å². The quantitative estimate of drug-likeness (QED) is 0.847. The van der Waals surface area contributed by atoms with Gasteiger partial charge in [0.15, 0.2) is 17.5 Å². The van der Waals surface area contributed by atoms with E-state index in [0.29, 0.717) is 23.3 Å². The van der Waals surface area contributed by atoms with Gasteiger partial charge in [-0.15, -0.1) is 0 Å².